The molecule has 0 radical (unpaired) electrons. The Kier molecular flexibility index (Phi) is 6.55. The van der Waals surface area contributed by atoms with E-state index in [9.17, 15) is 0 Å². The summed E-state index contributed by atoms with van der Waals surface area (Å²) in [7, 11) is 0. The molecule has 3 heteroatoms. The first-order valence-electron chi connectivity index (χ1n) is 18.0. The molecule has 11 aromatic rings. The zero-order valence-electron chi connectivity index (χ0n) is 28.7. The third-order valence-electron chi connectivity index (χ3n) is 10.7. The van der Waals surface area contributed by atoms with E-state index < -0.39 is 0 Å². The molecule has 0 saturated heterocycles. The van der Waals surface area contributed by atoms with Crippen LogP contribution in [-0.2, 0) is 0 Å². The Morgan fingerprint density at radius 2 is 0.868 bits per heavy atom. The quantitative estimate of drug-likeness (QED) is 0.182. The molecule has 0 saturated carbocycles. The number of benzene rings is 9. The smallest absolute Gasteiger partial charge is 0.159 e. The molecule has 3 nitrogen and oxygen atoms in total. The molecule has 0 aliphatic rings. The maximum absolute atomic E-state index is 6.87. The van der Waals surface area contributed by atoms with Crippen molar-refractivity contribution in [1.29, 1.82) is 0 Å². The van der Waals surface area contributed by atoms with Gasteiger partial charge in [-0.15, -0.1) is 0 Å². The lowest BCUT2D eigenvalue weighted by Gasteiger charge is -2.28. The molecular formula is C50H31NO2. The van der Waals surface area contributed by atoms with Gasteiger partial charge in [0.25, 0.3) is 0 Å². The van der Waals surface area contributed by atoms with Gasteiger partial charge in [0.05, 0.1) is 11.4 Å². The summed E-state index contributed by atoms with van der Waals surface area (Å²) in [4.78, 5) is 2.34. The second kappa shape index (κ2) is 11.7. The zero-order chi connectivity index (χ0) is 34.9. The van der Waals surface area contributed by atoms with Gasteiger partial charge in [0, 0.05) is 43.7 Å². The van der Waals surface area contributed by atoms with E-state index >= 15 is 0 Å². The highest BCUT2D eigenvalue weighted by Crippen LogP contribution is 2.48. The molecule has 0 unspecified atom stereocenters. The van der Waals surface area contributed by atoms with Crippen LogP contribution in [0.2, 0.25) is 0 Å². The highest BCUT2D eigenvalue weighted by Gasteiger charge is 2.24. The third-order valence-corrected chi connectivity index (χ3v) is 10.7. The lowest BCUT2D eigenvalue weighted by molar-refractivity contribution is 0.669. The monoisotopic (exact) mass is 677 g/mol. The van der Waals surface area contributed by atoms with Gasteiger partial charge in [-0.1, -0.05) is 152 Å². The van der Waals surface area contributed by atoms with Crippen LogP contribution >= 0.6 is 0 Å². The van der Waals surface area contributed by atoms with Gasteiger partial charge in [0.1, 0.15) is 16.7 Å². The van der Waals surface area contributed by atoms with Crippen molar-refractivity contribution in [2.45, 2.75) is 0 Å². The summed E-state index contributed by atoms with van der Waals surface area (Å²) < 4.78 is 13.6. The van der Waals surface area contributed by atoms with Gasteiger partial charge < -0.3 is 13.7 Å². The van der Waals surface area contributed by atoms with E-state index in [1.165, 1.54) is 21.9 Å². The molecule has 0 atom stereocenters. The normalized spacial score (nSPS) is 11.8. The topological polar surface area (TPSA) is 29.5 Å². The lowest BCUT2D eigenvalue weighted by Crippen LogP contribution is -2.11. The van der Waals surface area contributed by atoms with Crippen LogP contribution in [-0.4, -0.2) is 0 Å². The van der Waals surface area contributed by atoms with Gasteiger partial charge >= 0.3 is 0 Å². The van der Waals surface area contributed by atoms with Crippen molar-refractivity contribution in [3.8, 4) is 22.3 Å². The maximum Gasteiger partial charge on any atom is 0.159 e. The summed E-state index contributed by atoms with van der Waals surface area (Å²) in [6, 6.07) is 66.6. The van der Waals surface area contributed by atoms with Crippen molar-refractivity contribution in [1.82, 2.24) is 0 Å². The first kappa shape index (κ1) is 29.6. The average Bonchev–Trinajstić information content (AvgIpc) is 3.81. The minimum atomic E-state index is 0.843. The number of furan rings is 2. The molecule has 248 valence electrons. The minimum Gasteiger partial charge on any atom is -0.455 e. The number of para-hydroxylation sites is 4. The Labute approximate surface area is 305 Å². The minimum absolute atomic E-state index is 0.843. The average molecular weight is 678 g/mol. The molecule has 2 aromatic heterocycles. The first-order chi connectivity index (χ1) is 26.3. The molecule has 53 heavy (non-hydrogen) atoms. The van der Waals surface area contributed by atoms with E-state index in [1.54, 1.807) is 0 Å². The lowest BCUT2D eigenvalue weighted by atomic mass is 9.97. The Morgan fingerprint density at radius 3 is 1.74 bits per heavy atom. The van der Waals surface area contributed by atoms with Crippen molar-refractivity contribution in [2.75, 3.05) is 4.90 Å². The Hall–Kier alpha value is -7.10. The zero-order valence-corrected chi connectivity index (χ0v) is 28.7. The summed E-state index contributed by atoms with van der Waals surface area (Å²) in [6.07, 6.45) is 0. The van der Waals surface area contributed by atoms with E-state index in [0.29, 0.717) is 0 Å². The highest BCUT2D eigenvalue weighted by atomic mass is 16.3. The number of nitrogens with zero attached hydrogens (tertiary/aromatic N) is 1. The number of rotatable bonds is 5. The first-order valence-corrected chi connectivity index (χ1v) is 18.0. The van der Waals surface area contributed by atoms with Gasteiger partial charge in [-0.25, -0.2) is 0 Å². The highest BCUT2D eigenvalue weighted by molar-refractivity contribution is 6.18. The second-order valence-electron chi connectivity index (χ2n) is 13.6. The van der Waals surface area contributed by atoms with E-state index in [1.807, 2.05) is 12.1 Å². The molecular weight excluding hydrogens is 647 g/mol. The van der Waals surface area contributed by atoms with Crippen molar-refractivity contribution >= 4 is 82.5 Å². The molecule has 11 rings (SSSR count). The molecule has 2 heterocycles. The van der Waals surface area contributed by atoms with Crippen molar-refractivity contribution in [3.63, 3.8) is 0 Å². The third kappa shape index (κ3) is 4.61. The summed E-state index contributed by atoms with van der Waals surface area (Å²) in [6.45, 7) is 0. The molecule has 9 aromatic carbocycles. The Bertz CT molecular complexity index is 3180. The predicted octanol–water partition coefficient (Wildman–Crippen LogP) is 14.6. The van der Waals surface area contributed by atoms with E-state index in [4.69, 9.17) is 8.83 Å². The SMILES string of the molecule is c1ccc(N(c2ccc(-c3cccc4ccccc34)cc2)c2cccc3c2oc2ccccc23)c(-c2cccc3c2oc2c4ccccc4ccc32)c1. The largest absolute Gasteiger partial charge is 0.455 e. The molecule has 0 amide bonds. The van der Waals surface area contributed by atoms with E-state index in [2.05, 4.69) is 181 Å². The summed E-state index contributed by atoms with van der Waals surface area (Å²) >= 11 is 0. The van der Waals surface area contributed by atoms with Crippen LogP contribution in [0.25, 0.3) is 87.7 Å². The fraction of sp³-hybridized carbons (Fsp3) is 0. The van der Waals surface area contributed by atoms with Crippen LogP contribution in [0.4, 0.5) is 17.1 Å². The van der Waals surface area contributed by atoms with Crippen LogP contribution in [0.15, 0.2) is 197 Å². The van der Waals surface area contributed by atoms with Crippen LogP contribution in [0.1, 0.15) is 0 Å². The van der Waals surface area contributed by atoms with Gasteiger partial charge in [0.2, 0.25) is 0 Å². The number of fused-ring (bicyclic) bond motifs is 9. The number of hydrogen-bond donors (Lipinski definition) is 0. The van der Waals surface area contributed by atoms with Crippen molar-refractivity contribution < 1.29 is 8.83 Å². The van der Waals surface area contributed by atoms with Gasteiger partial charge in [-0.3, -0.25) is 0 Å². The standard InChI is InChI=1S/C50H31NO2/c1-3-15-36-32(12-1)14-9-19-37(36)34-26-29-35(30-27-34)51(46-24-11-22-42-40-18-6-8-25-47(40)52-50(42)46)45-23-7-5-17-39(45)41-20-10-21-43-44-31-28-33-13-2-4-16-38(33)48(44)53-49(41)43/h1-31H. The molecule has 0 spiro atoms. The summed E-state index contributed by atoms with van der Waals surface area (Å²) in [5.41, 5.74) is 11.0. The predicted molar refractivity (Wildman–Crippen MR) is 222 cm³/mol. The number of hydrogen-bond acceptors (Lipinski definition) is 3. The maximum atomic E-state index is 6.87. The van der Waals surface area contributed by atoms with Gasteiger partial charge in [-0.2, -0.15) is 0 Å². The van der Waals surface area contributed by atoms with Gasteiger partial charge in [-0.05, 0) is 63.7 Å². The van der Waals surface area contributed by atoms with Gasteiger partial charge in [0.15, 0.2) is 5.58 Å². The Balaban J connectivity index is 1.15. The molecule has 0 fully saturated rings. The molecule has 0 N–H and O–H groups in total. The van der Waals surface area contributed by atoms with Crippen LogP contribution in [0.3, 0.4) is 0 Å². The summed E-state index contributed by atoms with van der Waals surface area (Å²) in [5, 5.41) is 9.15. The Morgan fingerprint density at radius 1 is 0.302 bits per heavy atom. The second-order valence-corrected chi connectivity index (χ2v) is 13.6. The van der Waals surface area contributed by atoms with Crippen LogP contribution in [0.5, 0.6) is 0 Å². The van der Waals surface area contributed by atoms with Crippen LogP contribution in [0, 0.1) is 0 Å². The fourth-order valence-corrected chi connectivity index (χ4v) is 8.22. The van der Waals surface area contributed by atoms with Crippen molar-refractivity contribution in [2.24, 2.45) is 0 Å². The van der Waals surface area contributed by atoms with E-state index in [-0.39, 0.29) is 0 Å². The summed E-state index contributed by atoms with van der Waals surface area (Å²) in [5.74, 6) is 0. The molecule has 0 aliphatic carbocycles. The molecule has 0 bridgehead atoms. The fourth-order valence-electron chi connectivity index (χ4n) is 8.22. The van der Waals surface area contributed by atoms with Crippen LogP contribution < -0.4 is 4.90 Å². The van der Waals surface area contributed by atoms with Crippen molar-refractivity contribution in [3.05, 3.63) is 188 Å². The number of anilines is 3. The van der Waals surface area contributed by atoms with E-state index in [0.717, 1.165) is 82.8 Å². The molecule has 0 aliphatic heterocycles.